The number of nitrogens with zero attached hydrogens (tertiary/aromatic N) is 1. The van der Waals surface area contributed by atoms with Gasteiger partial charge in [0.2, 0.25) is 5.91 Å². The Hall–Kier alpha value is -1.39. The fraction of sp³-hybridized carbons (Fsp3) is 0.667. The van der Waals surface area contributed by atoms with E-state index >= 15 is 0 Å². The Balaban J connectivity index is 1.45. The number of aliphatic hydroxyl groups is 1. The fourth-order valence-corrected chi connectivity index (χ4v) is 4.19. The van der Waals surface area contributed by atoms with Crippen LogP contribution in [0.2, 0.25) is 0 Å². The minimum Gasteiger partial charge on any atom is -0.396 e. The van der Waals surface area contributed by atoms with Gasteiger partial charge >= 0.3 is 0 Å². The number of amides is 1. The van der Waals surface area contributed by atoms with Crippen LogP contribution in [0.3, 0.4) is 0 Å². The smallest absolute Gasteiger partial charge is 0.224 e. The molecule has 0 aromatic heterocycles. The lowest BCUT2D eigenvalue weighted by Crippen LogP contribution is -2.34. The van der Waals surface area contributed by atoms with Crippen LogP contribution in [0.25, 0.3) is 0 Å². The summed E-state index contributed by atoms with van der Waals surface area (Å²) < 4.78 is 0. The highest BCUT2D eigenvalue weighted by molar-refractivity contribution is 5.90. The van der Waals surface area contributed by atoms with E-state index in [1.165, 1.54) is 31.2 Å². The van der Waals surface area contributed by atoms with Gasteiger partial charge in [0.1, 0.15) is 0 Å². The van der Waals surface area contributed by atoms with E-state index in [1.807, 2.05) is 12.1 Å². The van der Waals surface area contributed by atoms with Gasteiger partial charge in [-0.2, -0.15) is 0 Å². The molecule has 4 heteroatoms. The van der Waals surface area contributed by atoms with E-state index in [4.69, 9.17) is 0 Å². The summed E-state index contributed by atoms with van der Waals surface area (Å²) in [6.45, 7) is 3.33. The Morgan fingerprint density at radius 1 is 1.12 bits per heavy atom. The Labute approximate surface area is 151 Å². The second-order valence-electron chi connectivity index (χ2n) is 7.84. The Kier molecular flexibility index (Phi) is 6.88. The standard InChI is InChI=1S/C21H32N2O2/c24-16-18-10-12-23(13-11-18)15-19-6-3-7-20(14-19)22-21(25)9-8-17-4-1-2-5-17/h3,6-7,14,17-18,24H,1-2,4-5,8-13,15-16H2,(H,22,25). The SMILES string of the molecule is O=C(CCC1CCCC1)Nc1cccc(CN2CCC(CO)CC2)c1. The number of benzene rings is 1. The van der Waals surface area contributed by atoms with Crippen molar-refractivity contribution in [2.45, 2.75) is 57.9 Å². The maximum atomic E-state index is 12.2. The van der Waals surface area contributed by atoms with Gasteiger partial charge in [0.05, 0.1) is 0 Å². The number of aliphatic hydroxyl groups excluding tert-OH is 1. The number of anilines is 1. The van der Waals surface area contributed by atoms with Crippen LogP contribution in [0, 0.1) is 11.8 Å². The van der Waals surface area contributed by atoms with Crippen molar-refractivity contribution in [2.24, 2.45) is 11.8 Å². The molecular weight excluding hydrogens is 312 g/mol. The molecule has 1 saturated carbocycles. The highest BCUT2D eigenvalue weighted by atomic mass is 16.3. The lowest BCUT2D eigenvalue weighted by molar-refractivity contribution is -0.116. The third-order valence-electron chi connectivity index (χ3n) is 5.84. The highest BCUT2D eigenvalue weighted by Gasteiger charge is 2.19. The molecular formula is C21H32N2O2. The zero-order valence-electron chi connectivity index (χ0n) is 15.3. The third kappa shape index (κ3) is 5.82. The third-order valence-corrected chi connectivity index (χ3v) is 5.84. The summed E-state index contributed by atoms with van der Waals surface area (Å²) in [5, 5.41) is 12.3. The van der Waals surface area contributed by atoms with E-state index in [-0.39, 0.29) is 5.91 Å². The molecule has 1 aromatic carbocycles. The minimum absolute atomic E-state index is 0.146. The summed E-state index contributed by atoms with van der Waals surface area (Å²) in [5.74, 6) is 1.38. The monoisotopic (exact) mass is 344 g/mol. The van der Waals surface area contributed by atoms with Gasteiger partial charge in [-0.15, -0.1) is 0 Å². The van der Waals surface area contributed by atoms with Gasteiger partial charge < -0.3 is 10.4 Å². The molecule has 2 fully saturated rings. The van der Waals surface area contributed by atoms with Gasteiger partial charge in [-0.25, -0.2) is 0 Å². The van der Waals surface area contributed by atoms with Crippen molar-refractivity contribution >= 4 is 11.6 Å². The van der Waals surface area contributed by atoms with Crippen LogP contribution in [0.5, 0.6) is 0 Å². The predicted molar refractivity (Wildman–Crippen MR) is 101 cm³/mol. The number of rotatable bonds is 7. The second kappa shape index (κ2) is 9.35. The molecule has 1 aromatic rings. The molecule has 1 saturated heterocycles. The summed E-state index contributed by atoms with van der Waals surface area (Å²) in [5.41, 5.74) is 2.16. The van der Waals surface area contributed by atoms with Crippen LogP contribution < -0.4 is 5.32 Å². The number of hydrogen-bond acceptors (Lipinski definition) is 3. The molecule has 0 bridgehead atoms. The summed E-state index contributed by atoms with van der Waals surface area (Å²) in [7, 11) is 0. The van der Waals surface area contributed by atoms with E-state index in [1.54, 1.807) is 0 Å². The maximum Gasteiger partial charge on any atom is 0.224 e. The van der Waals surface area contributed by atoms with Crippen molar-refractivity contribution in [1.82, 2.24) is 4.90 Å². The van der Waals surface area contributed by atoms with Crippen LogP contribution in [0.15, 0.2) is 24.3 Å². The molecule has 0 spiro atoms. The first-order valence-corrected chi connectivity index (χ1v) is 9.95. The molecule has 0 unspecified atom stereocenters. The van der Waals surface area contributed by atoms with E-state index < -0.39 is 0 Å². The van der Waals surface area contributed by atoms with Crippen LogP contribution in [-0.2, 0) is 11.3 Å². The van der Waals surface area contributed by atoms with Gasteiger partial charge in [-0.05, 0) is 61.9 Å². The Morgan fingerprint density at radius 3 is 2.60 bits per heavy atom. The first-order chi connectivity index (χ1) is 12.2. The van der Waals surface area contributed by atoms with Crippen molar-refractivity contribution in [3.63, 3.8) is 0 Å². The number of likely N-dealkylation sites (tertiary alicyclic amines) is 1. The van der Waals surface area contributed by atoms with Gasteiger partial charge in [-0.1, -0.05) is 37.8 Å². The van der Waals surface area contributed by atoms with Crippen LogP contribution >= 0.6 is 0 Å². The Bertz CT molecular complexity index is 547. The maximum absolute atomic E-state index is 12.2. The molecule has 1 heterocycles. The molecule has 0 atom stereocenters. The normalized spacial score (nSPS) is 20.0. The molecule has 0 radical (unpaired) electrons. The molecule has 4 nitrogen and oxygen atoms in total. The quantitative estimate of drug-likeness (QED) is 0.791. The molecule has 1 amide bonds. The molecule has 3 rings (SSSR count). The van der Waals surface area contributed by atoms with Crippen molar-refractivity contribution in [1.29, 1.82) is 0 Å². The van der Waals surface area contributed by atoms with Crippen LogP contribution in [0.4, 0.5) is 5.69 Å². The lowest BCUT2D eigenvalue weighted by atomic mass is 9.97. The van der Waals surface area contributed by atoms with Crippen LogP contribution in [0.1, 0.15) is 56.9 Å². The van der Waals surface area contributed by atoms with Crippen molar-refractivity contribution < 1.29 is 9.90 Å². The van der Waals surface area contributed by atoms with E-state index in [2.05, 4.69) is 22.3 Å². The van der Waals surface area contributed by atoms with Crippen molar-refractivity contribution in [3.8, 4) is 0 Å². The second-order valence-corrected chi connectivity index (χ2v) is 7.84. The average molecular weight is 344 g/mol. The predicted octanol–water partition coefficient (Wildman–Crippen LogP) is 3.80. The van der Waals surface area contributed by atoms with Gasteiger partial charge in [-0.3, -0.25) is 9.69 Å². The summed E-state index contributed by atoms with van der Waals surface area (Å²) in [6.07, 6.45) is 9.11. The largest absolute Gasteiger partial charge is 0.396 e. The molecule has 1 aliphatic heterocycles. The number of piperidine rings is 1. The molecule has 2 N–H and O–H groups in total. The van der Waals surface area contributed by atoms with Gasteiger partial charge in [0.25, 0.3) is 0 Å². The van der Waals surface area contributed by atoms with E-state index in [0.717, 1.165) is 50.5 Å². The van der Waals surface area contributed by atoms with E-state index in [9.17, 15) is 9.90 Å². The topological polar surface area (TPSA) is 52.6 Å². The van der Waals surface area contributed by atoms with E-state index in [0.29, 0.717) is 18.9 Å². The van der Waals surface area contributed by atoms with Crippen molar-refractivity contribution in [2.75, 3.05) is 25.0 Å². The lowest BCUT2D eigenvalue weighted by Gasteiger charge is -2.31. The Morgan fingerprint density at radius 2 is 1.88 bits per heavy atom. The summed E-state index contributed by atoms with van der Waals surface area (Å²) in [6, 6.07) is 8.25. The first-order valence-electron chi connectivity index (χ1n) is 9.95. The molecule has 138 valence electrons. The molecule has 25 heavy (non-hydrogen) atoms. The molecule has 1 aliphatic carbocycles. The number of carbonyl (C=O) groups excluding carboxylic acids is 1. The number of carbonyl (C=O) groups is 1. The summed E-state index contributed by atoms with van der Waals surface area (Å²) in [4.78, 5) is 14.6. The number of hydrogen-bond donors (Lipinski definition) is 2. The number of nitrogens with one attached hydrogen (secondary N) is 1. The highest BCUT2D eigenvalue weighted by Crippen LogP contribution is 2.28. The zero-order chi connectivity index (χ0) is 17.5. The fourth-order valence-electron chi connectivity index (χ4n) is 4.19. The summed E-state index contributed by atoms with van der Waals surface area (Å²) >= 11 is 0. The molecule has 2 aliphatic rings. The van der Waals surface area contributed by atoms with Gasteiger partial charge in [0, 0.05) is 25.3 Å². The van der Waals surface area contributed by atoms with Gasteiger partial charge in [0.15, 0.2) is 0 Å². The minimum atomic E-state index is 0.146. The average Bonchev–Trinajstić information content (AvgIpc) is 3.15. The van der Waals surface area contributed by atoms with Crippen LogP contribution in [-0.4, -0.2) is 35.6 Å². The van der Waals surface area contributed by atoms with Crippen molar-refractivity contribution in [3.05, 3.63) is 29.8 Å². The first kappa shape index (κ1) is 18.4. The zero-order valence-corrected chi connectivity index (χ0v) is 15.3.